The molecule has 0 amide bonds. The number of hydrogen-bond donors (Lipinski definition) is 2. The lowest BCUT2D eigenvalue weighted by Gasteiger charge is -2.09. The van der Waals surface area contributed by atoms with E-state index in [4.69, 9.17) is 16.7 Å². The van der Waals surface area contributed by atoms with Crippen LogP contribution in [0.25, 0.3) is 0 Å². The molecule has 16 heavy (non-hydrogen) atoms. The summed E-state index contributed by atoms with van der Waals surface area (Å²) in [4.78, 5) is 10.8. The zero-order valence-corrected chi connectivity index (χ0v) is 9.57. The Morgan fingerprint density at radius 2 is 2.25 bits per heavy atom. The summed E-state index contributed by atoms with van der Waals surface area (Å²) in [6.07, 6.45) is 1.52. The molecule has 4 heteroatoms. The van der Waals surface area contributed by atoms with Crippen LogP contribution in [0.4, 0.5) is 0 Å². The first-order valence-corrected chi connectivity index (χ1v) is 5.74. The van der Waals surface area contributed by atoms with E-state index in [-0.39, 0.29) is 0 Å². The maximum absolute atomic E-state index is 10.8. The Morgan fingerprint density at radius 1 is 1.50 bits per heavy atom. The molecule has 1 aromatic rings. The second-order valence-electron chi connectivity index (χ2n) is 4.20. The van der Waals surface area contributed by atoms with Crippen molar-refractivity contribution in [2.75, 3.05) is 6.54 Å². The molecule has 1 heterocycles. The lowest BCUT2D eigenvalue weighted by molar-refractivity contribution is -0.139. The monoisotopic (exact) mass is 239 g/mol. The van der Waals surface area contributed by atoms with Crippen LogP contribution in [0.5, 0.6) is 0 Å². The third kappa shape index (κ3) is 2.54. The molecule has 1 unspecified atom stereocenters. The first-order valence-electron chi connectivity index (χ1n) is 5.36. The molecule has 2 atom stereocenters. The fourth-order valence-electron chi connectivity index (χ4n) is 2.13. The first-order chi connectivity index (χ1) is 7.66. The minimum Gasteiger partial charge on any atom is -0.480 e. The van der Waals surface area contributed by atoms with Gasteiger partial charge in [-0.2, -0.15) is 0 Å². The Hall–Kier alpha value is -1.06. The van der Waals surface area contributed by atoms with E-state index in [0.29, 0.717) is 12.3 Å². The second-order valence-corrected chi connectivity index (χ2v) is 4.60. The van der Waals surface area contributed by atoms with E-state index in [9.17, 15) is 4.79 Å². The normalized spacial score (nSPS) is 24.6. The van der Waals surface area contributed by atoms with Crippen LogP contribution in [-0.4, -0.2) is 23.7 Å². The number of rotatable bonds is 3. The highest BCUT2D eigenvalue weighted by Crippen LogP contribution is 2.23. The van der Waals surface area contributed by atoms with Gasteiger partial charge in [0, 0.05) is 5.02 Å². The third-order valence-electron chi connectivity index (χ3n) is 2.99. The molecule has 0 bridgehead atoms. The van der Waals surface area contributed by atoms with Crippen LogP contribution in [0.1, 0.15) is 12.0 Å². The number of hydrogen-bond acceptors (Lipinski definition) is 2. The zero-order valence-electron chi connectivity index (χ0n) is 8.82. The summed E-state index contributed by atoms with van der Waals surface area (Å²) in [5.74, 6) is -0.400. The van der Waals surface area contributed by atoms with Gasteiger partial charge in [0.2, 0.25) is 0 Å². The molecule has 0 aromatic heterocycles. The minimum absolute atomic E-state index is 0.362. The third-order valence-corrected chi connectivity index (χ3v) is 3.36. The molecule has 1 fully saturated rings. The molecular weight excluding hydrogens is 226 g/mol. The molecule has 1 saturated heterocycles. The van der Waals surface area contributed by atoms with E-state index in [0.717, 1.165) is 23.6 Å². The van der Waals surface area contributed by atoms with Crippen molar-refractivity contribution in [3.8, 4) is 0 Å². The van der Waals surface area contributed by atoms with Gasteiger partial charge in [0.15, 0.2) is 0 Å². The van der Waals surface area contributed by atoms with Crippen molar-refractivity contribution in [1.82, 2.24) is 5.32 Å². The maximum atomic E-state index is 10.8. The summed E-state index contributed by atoms with van der Waals surface area (Å²) in [7, 11) is 0. The summed E-state index contributed by atoms with van der Waals surface area (Å²) in [6, 6.07) is 7.33. The predicted octanol–water partition coefficient (Wildman–Crippen LogP) is 1.95. The van der Waals surface area contributed by atoms with Crippen molar-refractivity contribution in [2.45, 2.75) is 18.9 Å². The van der Waals surface area contributed by atoms with Crippen LogP contribution in [-0.2, 0) is 11.2 Å². The summed E-state index contributed by atoms with van der Waals surface area (Å²) >= 11 is 6.06. The van der Waals surface area contributed by atoms with E-state index >= 15 is 0 Å². The van der Waals surface area contributed by atoms with E-state index < -0.39 is 12.0 Å². The summed E-state index contributed by atoms with van der Waals surface area (Å²) < 4.78 is 0. The van der Waals surface area contributed by atoms with Crippen LogP contribution < -0.4 is 5.32 Å². The van der Waals surface area contributed by atoms with Crippen LogP contribution in [0.2, 0.25) is 5.02 Å². The largest absolute Gasteiger partial charge is 0.480 e. The molecule has 1 aliphatic rings. The van der Waals surface area contributed by atoms with Gasteiger partial charge in [-0.05, 0) is 36.9 Å². The van der Waals surface area contributed by atoms with Gasteiger partial charge in [0.05, 0.1) is 0 Å². The van der Waals surface area contributed by atoms with Gasteiger partial charge >= 0.3 is 5.97 Å². The Balaban J connectivity index is 1.97. The average molecular weight is 240 g/mol. The Morgan fingerprint density at radius 3 is 2.88 bits per heavy atom. The number of halogens is 1. The molecule has 1 aliphatic heterocycles. The number of carboxylic acid groups (broad SMARTS) is 1. The fourth-order valence-corrected chi connectivity index (χ4v) is 2.34. The highest BCUT2D eigenvalue weighted by molar-refractivity contribution is 6.31. The smallest absolute Gasteiger partial charge is 0.320 e. The number of carbonyl (C=O) groups is 1. The average Bonchev–Trinajstić information content (AvgIpc) is 2.70. The Bertz CT molecular complexity index is 394. The Kier molecular flexibility index (Phi) is 3.46. The van der Waals surface area contributed by atoms with Gasteiger partial charge in [-0.25, -0.2) is 0 Å². The zero-order chi connectivity index (χ0) is 11.5. The fraction of sp³-hybridized carbons (Fsp3) is 0.417. The quantitative estimate of drug-likeness (QED) is 0.848. The van der Waals surface area contributed by atoms with Gasteiger partial charge in [0.1, 0.15) is 6.04 Å². The summed E-state index contributed by atoms with van der Waals surface area (Å²) in [6.45, 7) is 0.752. The molecule has 0 spiro atoms. The highest BCUT2D eigenvalue weighted by Gasteiger charge is 2.29. The molecule has 3 nitrogen and oxygen atoms in total. The van der Waals surface area contributed by atoms with Crippen molar-refractivity contribution in [3.05, 3.63) is 34.9 Å². The van der Waals surface area contributed by atoms with Crippen LogP contribution in [0.3, 0.4) is 0 Å². The maximum Gasteiger partial charge on any atom is 0.320 e. The number of carboxylic acids is 1. The van der Waals surface area contributed by atoms with Gasteiger partial charge in [-0.15, -0.1) is 0 Å². The van der Waals surface area contributed by atoms with E-state index in [2.05, 4.69) is 5.32 Å². The van der Waals surface area contributed by atoms with Crippen molar-refractivity contribution < 1.29 is 9.90 Å². The van der Waals surface area contributed by atoms with Gasteiger partial charge in [0.25, 0.3) is 0 Å². The van der Waals surface area contributed by atoms with Crippen molar-refractivity contribution in [3.63, 3.8) is 0 Å². The molecule has 0 aliphatic carbocycles. The molecule has 0 radical (unpaired) electrons. The standard InChI is InChI=1S/C12H14ClNO2/c13-10-4-2-1-3-9(10)5-8-6-11(12(15)16)14-7-8/h1-4,8,11,14H,5-7H2,(H,15,16)/t8?,11-/m0/s1. The molecule has 2 N–H and O–H groups in total. The summed E-state index contributed by atoms with van der Waals surface area (Å²) in [5, 5.41) is 12.6. The lowest BCUT2D eigenvalue weighted by atomic mass is 9.97. The van der Waals surface area contributed by atoms with Crippen molar-refractivity contribution >= 4 is 17.6 Å². The van der Waals surface area contributed by atoms with E-state index in [1.807, 2.05) is 24.3 Å². The van der Waals surface area contributed by atoms with Crippen LogP contribution in [0.15, 0.2) is 24.3 Å². The molecule has 1 aromatic carbocycles. The SMILES string of the molecule is O=C(O)[C@@H]1CC(Cc2ccccc2Cl)CN1. The molecular formula is C12H14ClNO2. The second kappa shape index (κ2) is 4.85. The van der Waals surface area contributed by atoms with E-state index in [1.54, 1.807) is 0 Å². The van der Waals surface area contributed by atoms with Crippen LogP contribution >= 0.6 is 11.6 Å². The number of nitrogens with one attached hydrogen (secondary N) is 1. The number of benzene rings is 1. The van der Waals surface area contributed by atoms with Crippen molar-refractivity contribution in [1.29, 1.82) is 0 Å². The topological polar surface area (TPSA) is 49.3 Å². The lowest BCUT2D eigenvalue weighted by Crippen LogP contribution is -2.29. The van der Waals surface area contributed by atoms with Crippen LogP contribution in [0, 0.1) is 5.92 Å². The Labute approximate surface area is 99.4 Å². The predicted molar refractivity (Wildman–Crippen MR) is 62.7 cm³/mol. The molecule has 0 saturated carbocycles. The highest BCUT2D eigenvalue weighted by atomic mass is 35.5. The first kappa shape index (κ1) is 11.4. The number of aliphatic carboxylic acids is 1. The van der Waals surface area contributed by atoms with Crippen molar-refractivity contribution in [2.24, 2.45) is 5.92 Å². The summed E-state index contributed by atoms with van der Waals surface area (Å²) in [5.41, 5.74) is 1.10. The van der Waals surface area contributed by atoms with Gasteiger partial charge in [-0.3, -0.25) is 4.79 Å². The molecule has 86 valence electrons. The van der Waals surface area contributed by atoms with E-state index in [1.165, 1.54) is 0 Å². The van der Waals surface area contributed by atoms with Gasteiger partial charge in [-0.1, -0.05) is 29.8 Å². The minimum atomic E-state index is -0.762. The van der Waals surface area contributed by atoms with Gasteiger partial charge < -0.3 is 10.4 Å². The molecule has 2 rings (SSSR count).